The lowest BCUT2D eigenvalue weighted by molar-refractivity contribution is 0.100. The Balaban J connectivity index is 2.36. The first-order valence-electron chi connectivity index (χ1n) is 6.23. The maximum atomic E-state index is 13.9. The van der Waals surface area contributed by atoms with Crippen LogP contribution in [0.4, 0.5) is 15.8 Å². The fourth-order valence-electron chi connectivity index (χ4n) is 2.34. The van der Waals surface area contributed by atoms with E-state index >= 15 is 0 Å². The molecule has 1 saturated heterocycles. The normalized spacial score (nSPS) is 16.4. The lowest BCUT2D eigenvalue weighted by Crippen LogP contribution is -2.26. The molecule has 1 aliphatic heterocycles. The van der Waals surface area contributed by atoms with Crippen LogP contribution in [0.2, 0.25) is 0 Å². The van der Waals surface area contributed by atoms with Crippen LogP contribution in [0.1, 0.15) is 36.0 Å². The molecule has 1 aromatic rings. The number of carbonyl (C=O) groups is 1. The van der Waals surface area contributed by atoms with Crippen LogP contribution in [0.25, 0.3) is 0 Å². The van der Waals surface area contributed by atoms with Gasteiger partial charge in [-0.25, -0.2) is 4.39 Å². The molecular formula is C13H18FN3O. The minimum atomic E-state index is -0.622. The van der Waals surface area contributed by atoms with E-state index in [1.165, 1.54) is 12.1 Å². The third-order valence-corrected chi connectivity index (χ3v) is 3.33. The second-order valence-corrected chi connectivity index (χ2v) is 4.66. The second kappa shape index (κ2) is 5.25. The minimum Gasteiger partial charge on any atom is -0.398 e. The standard InChI is InChI=1S/C13H18FN3O/c14-10-8-11(15)9(13(16)18)7-12(10)17-5-3-1-2-4-6-17/h7-8H,1-6,15H2,(H2,16,18). The molecule has 0 spiro atoms. The quantitative estimate of drug-likeness (QED) is 0.788. The Kier molecular flexibility index (Phi) is 3.69. The predicted molar refractivity (Wildman–Crippen MR) is 70.0 cm³/mol. The summed E-state index contributed by atoms with van der Waals surface area (Å²) in [7, 11) is 0. The molecule has 0 aliphatic carbocycles. The van der Waals surface area contributed by atoms with Gasteiger partial charge in [0.05, 0.1) is 11.3 Å². The van der Waals surface area contributed by atoms with Crippen molar-refractivity contribution < 1.29 is 9.18 Å². The number of benzene rings is 1. The van der Waals surface area contributed by atoms with E-state index in [4.69, 9.17) is 11.5 Å². The Hall–Kier alpha value is -1.78. The van der Waals surface area contributed by atoms with Crippen molar-refractivity contribution in [2.24, 2.45) is 5.73 Å². The van der Waals surface area contributed by atoms with Crippen LogP contribution in [0, 0.1) is 5.82 Å². The number of anilines is 2. The van der Waals surface area contributed by atoms with E-state index in [2.05, 4.69) is 0 Å². The molecule has 1 fully saturated rings. The Labute approximate surface area is 106 Å². The fourth-order valence-corrected chi connectivity index (χ4v) is 2.34. The zero-order valence-electron chi connectivity index (χ0n) is 10.3. The number of nitrogens with zero attached hydrogens (tertiary/aromatic N) is 1. The van der Waals surface area contributed by atoms with E-state index in [0.29, 0.717) is 5.69 Å². The van der Waals surface area contributed by atoms with Gasteiger partial charge in [0.2, 0.25) is 0 Å². The van der Waals surface area contributed by atoms with Gasteiger partial charge in [0.15, 0.2) is 0 Å². The molecule has 0 aromatic heterocycles. The summed E-state index contributed by atoms with van der Waals surface area (Å²) in [5.41, 5.74) is 11.5. The average molecular weight is 251 g/mol. The molecule has 2 rings (SSSR count). The summed E-state index contributed by atoms with van der Waals surface area (Å²) in [5.74, 6) is -1.01. The Morgan fingerprint density at radius 1 is 1.17 bits per heavy atom. The summed E-state index contributed by atoms with van der Waals surface area (Å²) < 4.78 is 13.9. The molecule has 0 atom stereocenters. The van der Waals surface area contributed by atoms with Crippen LogP contribution in [0.3, 0.4) is 0 Å². The van der Waals surface area contributed by atoms with Crippen LogP contribution in [-0.2, 0) is 0 Å². The number of hydrogen-bond donors (Lipinski definition) is 2. The highest BCUT2D eigenvalue weighted by Crippen LogP contribution is 2.27. The Morgan fingerprint density at radius 2 is 1.78 bits per heavy atom. The summed E-state index contributed by atoms with van der Waals surface area (Å²) in [6.07, 6.45) is 4.40. The molecule has 18 heavy (non-hydrogen) atoms. The zero-order chi connectivity index (χ0) is 13.1. The van der Waals surface area contributed by atoms with Gasteiger partial charge in [0.25, 0.3) is 5.91 Å². The van der Waals surface area contributed by atoms with Crippen molar-refractivity contribution in [2.45, 2.75) is 25.7 Å². The van der Waals surface area contributed by atoms with Crippen molar-refractivity contribution in [3.05, 3.63) is 23.5 Å². The van der Waals surface area contributed by atoms with Crippen molar-refractivity contribution in [3.63, 3.8) is 0 Å². The van der Waals surface area contributed by atoms with Gasteiger partial charge < -0.3 is 16.4 Å². The maximum Gasteiger partial charge on any atom is 0.250 e. The van der Waals surface area contributed by atoms with Crippen molar-refractivity contribution in [1.29, 1.82) is 0 Å². The van der Waals surface area contributed by atoms with E-state index < -0.39 is 5.91 Å². The van der Waals surface area contributed by atoms with Gasteiger partial charge >= 0.3 is 0 Å². The van der Waals surface area contributed by atoms with Gasteiger partial charge in [0, 0.05) is 18.8 Å². The number of nitrogens with two attached hydrogens (primary N) is 2. The third-order valence-electron chi connectivity index (χ3n) is 3.33. The molecule has 0 saturated carbocycles. The van der Waals surface area contributed by atoms with Crippen LogP contribution in [0.15, 0.2) is 12.1 Å². The average Bonchev–Trinajstić information content (AvgIpc) is 2.57. The summed E-state index contributed by atoms with van der Waals surface area (Å²) in [4.78, 5) is 13.2. The van der Waals surface area contributed by atoms with E-state index in [1.54, 1.807) is 0 Å². The highest BCUT2D eigenvalue weighted by molar-refractivity contribution is 5.99. The third kappa shape index (κ3) is 2.55. The SMILES string of the molecule is NC(=O)c1cc(N2CCCCCC2)c(F)cc1N. The topological polar surface area (TPSA) is 72.4 Å². The molecule has 1 aromatic carbocycles. The van der Waals surface area contributed by atoms with Crippen molar-refractivity contribution in [3.8, 4) is 0 Å². The summed E-state index contributed by atoms with van der Waals surface area (Å²) in [5, 5.41) is 0. The van der Waals surface area contributed by atoms with Gasteiger partial charge in [-0.2, -0.15) is 0 Å². The molecule has 4 nitrogen and oxygen atoms in total. The molecule has 1 amide bonds. The molecule has 0 radical (unpaired) electrons. The van der Waals surface area contributed by atoms with Gasteiger partial charge in [-0.05, 0) is 25.0 Å². The number of hydrogen-bond acceptors (Lipinski definition) is 3. The number of primary amides is 1. The van der Waals surface area contributed by atoms with Crippen LogP contribution >= 0.6 is 0 Å². The second-order valence-electron chi connectivity index (χ2n) is 4.66. The van der Waals surface area contributed by atoms with E-state index in [1.807, 2.05) is 4.90 Å². The first kappa shape index (κ1) is 12.7. The number of carbonyl (C=O) groups excluding carboxylic acids is 1. The molecule has 1 aliphatic rings. The molecule has 5 heteroatoms. The smallest absolute Gasteiger partial charge is 0.250 e. The van der Waals surface area contributed by atoms with Gasteiger partial charge in [-0.3, -0.25) is 4.79 Å². The monoisotopic (exact) mass is 251 g/mol. The lowest BCUT2D eigenvalue weighted by atomic mass is 10.1. The fraction of sp³-hybridized carbons (Fsp3) is 0.462. The summed E-state index contributed by atoms with van der Waals surface area (Å²) in [6, 6.07) is 2.65. The van der Waals surface area contributed by atoms with E-state index in [-0.39, 0.29) is 17.1 Å². The summed E-state index contributed by atoms with van der Waals surface area (Å²) in [6.45, 7) is 1.61. The molecule has 98 valence electrons. The molecule has 0 unspecified atom stereocenters. The number of halogens is 1. The van der Waals surface area contributed by atoms with E-state index in [0.717, 1.165) is 38.8 Å². The predicted octanol–water partition coefficient (Wildman–Crippen LogP) is 1.89. The first-order valence-corrected chi connectivity index (χ1v) is 6.23. The maximum absolute atomic E-state index is 13.9. The number of amides is 1. The van der Waals surface area contributed by atoms with Gasteiger partial charge in [-0.1, -0.05) is 12.8 Å². The summed E-state index contributed by atoms with van der Waals surface area (Å²) >= 11 is 0. The lowest BCUT2D eigenvalue weighted by Gasteiger charge is -2.24. The van der Waals surface area contributed by atoms with Crippen LogP contribution in [-0.4, -0.2) is 19.0 Å². The van der Waals surface area contributed by atoms with E-state index in [9.17, 15) is 9.18 Å². The highest BCUT2D eigenvalue weighted by Gasteiger charge is 2.17. The van der Waals surface area contributed by atoms with Gasteiger partial charge in [0.1, 0.15) is 5.82 Å². The molecule has 0 bridgehead atoms. The van der Waals surface area contributed by atoms with Crippen molar-refractivity contribution >= 4 is 17.3 Å². The Bertz CT molecular complexity index is 454. The largest absolute Gasteiger partial charge is 0.398 e. The number of nitrogen functional groups attached to an aromatic ring is 1. The Morgan fingerprint density at radius 3 is 2.33 bits per heavy atom. The molecular weight excluding hydrogens is 233 g/mol. The highest BCUT2D eigenvalue weighted by atomic mass is 19.1. The van der Waals surface area contributed by atoms with Gasteiger partial charge in [-0.15, -0.1) is 0 Å². The van der Waals surface area contributed by atoms with Crippen LogP contribution < -0.4 is 16.4 Å². The van der Waals surface area contributed by atoms with Crippen molar-refractivity contribution in [1.82, 2.24) is 0 Å². The van der Waals surface area contributed by atoms with Crippen LogP contribution in [0.5, 0.6) is 0 Å². The molecule has 1 heterocycles. The first-order chi connectivity index (χ1) is 8.59. The zero-order valence-corrected chi connectivity index (χ0v) is 10.3. The molecule has 4 N–H and O–H groups in total. The van der Waals surface area contributed by atoms with Crippen molar-refractivity contribution in [2.75, 3.05) is 23.7 Å². The minimum absolute atomic E-state index is 0.0959. The number of rotatable bonds is 2.